The average molecular weight is 394 g/mol. The van der Waals surface area contributed by atoms with E-state index >= 15 is 0 Å². The Hall–Kier alpha value is -0.630. The van der Waals surface area contributed by atoms with Crippen LogP contribution in [0.3, 0.4) is 0 Å². The van der Waals surface area contributed by atoms with Crippen LogP contribution in [-0.2, 0) is 0 Å². The minimum atomic E-state index is -4.97. The van der Waals surface area contributed by atoms with Gasteiger partial charge in [0.15, 0.2) is 17.3 Å². The molecule has 1 unspecified atom stereocenters. The normalized spacial score (nSPS) is 13.2. The van der Waals surface area contributed by atoms with Gasteiger partial charge in [0, 0.05) is 10.9 Å². The number of carbonyl (C=O) groups excluding carboxylic acids is 1. The summed E-state index contributed by atoms with van der Waals surface area (Å²) in [7, 11) is 0. The molecule has 0 aliphatic carbocycles. The van der Waals surface area contributed by atoms with Crippen molar-refractivity contribution in [3.63, 3.8) is 0 Å². The molecule has 2 nitrogen and oxygen atoms in total. The summed E-state index contributed by atoms with van der Waals surface area (Å²) in [6, 6.07) is 2.55. The molecule has 0 bridgehead atoms. The lowest BCUT2D eigenvalue weighted by molar-refractivity contribution is -0.275. The van der Waals surface area contributed by atoms with Gasteiger partial charge in [-0.2, -0.15) is 0 Å². The van der Waals surface area contributed by atoms with Crippen molar-refractivity contribution in [2.24, 2.45) is 0 Å². The number of hydrogen-bond donors (Lipinski definition) is 0. The molecule has 0 heterocycles. The van der Waals surface area contributed by atoms with E-state index in [4.69, 9.17) is 0 Å². The van der Waals surface area contributed by atoms with E-state index in [0.29, 0.717) is 11.4 Å². The second-order valence-corrected chi connectivity index (χ2v) is 4.93. The zero-order chi connectivity index (χ0) is 13.9. The maximum absolute atomic E-state index is 13.3. The lowest BCUT2D eigenvalue weighted by Gasteiger charge is -2.11. The monoisotopic (exact) mass is 392 g/mol. The van der Waals surface area contributed by atoms with Gasteiger partial charge in [-0.1, -0.05) is 31.9 Å². The lowest BCUT2D eigenvalue weighted by atomic mass is 10.1. The van der Waals surface area contributed by atoms with Crippen LogP contribution in [0.5, 0.6) is 5.75 Å². The van der Waals surface area contributed by atoms with Gasteiger partial charge in [0.1, 0.15) is 0 Å². The molecule has 8 heteroatoms. The minimum absolute atomic E-state index is 0.0386. The summed E-state index contributed by atoms with van der Waals surface area (Å²) >= 11 is 6.09. The van der Waals surface area contributed by atoms with Crippen LogP contribution in [0, 0.1) is 5.82 Å². The summed E-state index contributed by atoms with van der Waals surface area (Å²) in [4.78, 5) is 11.0. The van der Waals surface area contributed by atoms with E-state index in [-0.39, 0.29) is 5.56 Å². The fraction of sp³-hybridized carbons (Fsp3) is 0.300. The van der Waals surface area contributed by atoms with Crippen molar-refractivity contribution in [2.75, 3.05) is 5.33 Å². The molecule has 1 rings (SSSR count). The van der Waals surface area contributed by atoms with E-state index in [0.717, 1.165) is 12.1 Å². The number of halogens is 6. The molecule has 0 N–H and O–H groups in total. The van der Waals surface area contributed by atoms with Gasteiger partial charge in [-0.15, -0.1) is 13.2 Å². The molecule has 0 aliphatic rings. The van der Waals surface area contributed by atoms with E-state index in [1.54, 1.807) is 0 Å². The van der Waals surface area contributed by atoms with E-state index in [9.17, 15) is 22.4 Å². The number of ether oxygens (including phenoxy) is 1. The molecule has 0 saturated carbocycles. The second-order valence-electron chi connectivity index (χ2n) is 3.18. The van der Waals surface area contributed by atoms with Gasteiger partial charge in [0.05, 0.1) is 4.83 Å². The number of rotatable bonds is 4. The van der Waals surface area contributed by atoms with Crippen molar-refractivity contribution in [2.45, 2.75) is 11.2 Å². The quantitative estimate of drug-likeness (QED) is 0.438. The summed E-state index contributed by atoms with van der Waals surface area (Å²) in [5.74, 6) is -2.65. The van der Waals surface area contributed by atoms with E-state index < -0.39 is 28.5 Å². The molecule has 0 saturated heterocycles. The van der Waals surface area contributed by atoms with Crippen LogP contribution in [0.1, 0.15) is 10.4 Å². The lowest BCUT2D eigenvalue weighted by Crippen LogP contribution is -2.19. The first-order chi connectivity index (χ1) is 8.24. The van der Waals surface area contributed by atoms with E-state index in [2.05, 4.69) is 36.6 Å². The summed E-state index contributed by atoms with van der Waals surface area (Å²) in [6.07, 6.45) is -4.97. The van der Waals surface area contributed by atoms with Crippen LogP contribution in [0.2, 0.25) is 0 Å². The number of carbonyl (C=O) groups is 1. The van der Waals surface area contributed by atoms with Crippen LogP contribution in [-0.4, -0.2) is 22.3 Å². The highest BCUT2D eigenvalue weighted by Gasteiger charge is 2.32. The summed E-state index contributed by atoms with van der Waals surface area (Å²) < 4.78 is 52.4. The molecule has 1 atom stereocenters. The van der Waals surface area contributed by atoms with Gasteiger partial charge >= 0.3 is 6.36 Å². The Kier molecular flexibility index (Phi) is 5.15. The molecule has 0 amide bonds. The summed E-state index contributed by atoms with van der Waals surface area (Å²) in [5.41, 5.74) is -0.0386. The highest BCUT2D eigenvalue weighted by atomic mass is 79.9. The Morgan fingerprint density at radius 2 is 2.00 bits per heavy atom. The van der Waals surface area contributed by atoms with Gasteiger partial charge in [0.25, 0.3) is 0 Å². The van der Waals surface area contributed by atoms with Crippen molar-refractivity contribution in [1.29, 1.82) is 0 Å². The molecule has 0 fully saturated rings. The third-order valence-corrected chi connectivity index (χ3v) is 4.12. The smallest absolute Gasteiger partial charge is 0.403 e. The molecular weight excluding hydrogens is 388 g/mol. The molecule has 1 aromatic rings. The largest absolute Gasteiger partial charge is 0.573 e. The fourth-order valence-electron chi connectivity index (χ4n) is 1.11. The zero-order valence-electron chi connectivity index (χ0n) is 8.60. The molecule has 100 valence electrons. The Bertz CT molecular complexity index is 448. The maximum Gasteiger partial charge on any atom is 0.573 e. The van der Waals surface area contributed by atoms with Crippen molar-refractivity contribution in [1.82, 2.24) is 0 Å². The Morgan fingerprint density at radius 1 is 1.39 bits per heavy atom. The second kappa shape index (κ2) is 6.01. The number of ketones is 1. The first kappa shape index (κ1) is 15.4. The number of Topliss-reactive ketones (excluding diaryl/α,β-unsaturated/α-hetero) is 1. The molecule has 0 aromatic heterocycles. The average Bonchev–Trinajstić information content (AvgIpc) is 2.28. The molecular formula is C10H6Br2F4O2. The van der Waals surface area contributed by atoms with Gasteiger partial charge in [-0.05, 0) is 18.2 Å². The molecule has 18 heavy (non-hydrogen) atoms. The first-order valence-electron chi connectivity index (χ1n) is 4.54. The predicted octanol–water partition coefficient (Wildman–Crippen LogP) is 4.07. The zero-order valence-corrected chi connectivity index (χ0v) is 11.8. The first-order valence-corrected chi connectivity index (χ1v) is 6.58. The Morgan fingerprint density at radius 3 is 2.44 bits per heavy atom. The number of alkyl halides is 5. The third kappa shape index (κ3) is 4.24. The minimum Gasteiger partial charge on any atom is -0.403 e. The Balaban J connectivity index is 2.96. The van der Waals surface area contributed by atoms with Gasteiger partial charge < -0.3 is 4.74 Å². The standard InChI is InChI=1S/C10H6Br2F4O2/c11-4-6(12)9(17)5-1-2-8(7(13)3-5)18-10(14,15)16/h1-3,6H,4H2. The maximum atomic E-state index is 13.3. The Labute approximate surface area is 117 Å². The third-order valence-electron chi connectivity index (χ3n) is 1.86. The van der Waals surface area contributed by atoms with Crippen molar-refractivity contribution < 1.29 is 27.1 Å². The highest BCUT2D eigenvalue weighted by Crippen LogP contribution is 2.26. The van der Waals surface area contributed by atoms with Crippen LogP contribution >= 0.6 is 31.9 Å². The van der Waals surface area contributed by atoms with Crippen LogP contribution in [0.15, 0.2) is 18.2 Å². The van der Waals surface area contributed by atoms with Crippen molar-refractivity contribution in [3.05, 3.63) is 29.6 Å². The predicted molar refractivity (Wildman–Crippen MR) is 63.9 cm³/mol. The van der Waals surface area contributed by atoms with Crippen LogP contribution < -0.4 is 4.74 Å². The van der Waals surface area contributed by atoms with Gasteiger partial charge in [-0.3, -0.25) is 4.79 Å². The SMILES string of the molecule is O=C(c1ccc(OC(F)(F)F)c(F)c1)C(Br)CBr. The summed E-state index contributed by atoms with van der Waals surface area (Å²) in [5, 5.41) is 0.300. The molecule has 0 spiro atoms. The van der Waals surface area contributed by atoms with Crippen molar-refractivity contribution >= 4 is 37.6 Å². The van der Waals surface area contributed by atoms with Crippen molar-refractivity contribution in [3.8, 4) is 5.75 Å². The van der Waals surface area contributed by atoms with E-state index in [1.165, 1.54) is 0 Å². The summed E-state index contributed by atoms with van der Waals surface area (Å²) in [6.45, 7) is 0. The van der Waals surface area contributed by atoms with Crippen LogP contribution in [0.25, 0.3) is 0 Å². The molecule has 0 radical (unpaired) electrons. The number of hydrogen-bond acceptors (Lipinski definition) is 2. The number of benzene rings is 1. The van der Waals surface area contributed by atoms with Crippen LogP contribution in [0.4, 0.5) is 17.6 Å². The van der Waals surface area contributed by atoms with Gasteiger partial charge in [0.2, 0.25) is 0 Å². The highest BCUT2D eigenvalue weighted by molar-refractivity contribution is 9.12. The topological polar surface area (TPSA) is 26.3 Å². The molecule has 1 aromatic carbocycles. The van der Waals surface area contributed by atoms with E-state index in [1.807, 2.05) is 0 Å². The fourth-order valence-corrected chi connectivity index (χ4v) is 1.67. The molecule has 0 aliphatic heterocycles. The van der Waals surface area contributed by atoms with Gasteiger partial charge in [-0.25, -0.2) is 4.39 Å².